The molecule has 1 aromatic heterocycles. The molecule has 0 aliphatic heterocycles. The minimum absolute atomic E-state index is 0.132. The van der Waals surface area contributed by atoms with E-state index in [0.29, 0.717) is 12.6 Å². The summed E-state index contributed by atoms with van der Waals surface area (Å²) in [5, 5.41) is 9.76. The van der Waals surface area contributed by atoms with E-state index in [1.165, 1.54) is 25.5 Å². The maximum Gasteiger partial charge on any atom is 0.315 e. The molecule has 6 heteroatoms. The number of nitrogens with zero attached hydrogens (tertiary/aromatic N) is 1. The molecule has 0 bridgehead atoms. The van der Waals surface area contributed by atoms with E-state index in [9.17, 15) is 4.79 Å². The second-order valence-electron chi connectivity index (χ2n) is 6.34. The summed E-state index contributed by atoms with van der Waals surface area (Å²) in [6, 6.07) is 1.84. The van der Waals surface area contributed by atoms with Gasteiger partial charge in [-0.2, -0.15) is 0 Å². The monoisotopic (exact) mass is 307 g/mol. The zero-order valence-corrected chi connectivity index (χ0v) is 13.1. The van der Waals surface area contributed by atoms with Crippen LogP contribution in [-0.2, 0) is 11.3 Å². The molecule has 6 nitrogen and oxygen atoms in total. The van der Waals surface area contributed by atoms with Crippen molar-refractivity contribution in [2.45, 2.75) is 64.1 Å². The van der Waals surface area contributed by atoms with Crippen molar-refractivity contribution in [1.82, 2.24) is 15.8 Å². The van der Waals surface area contributed by atoms with E-state index >= 15 is 0 Å². The minimum Gasteiger partial charge on any atom is -0.378 e. The Morgan fingerprint density at radius 1 is 1.45 bits per heavy atom. The van der Waals surface area contributed by atoms with Crippen LogP contribution >= 0.6 is 0 Å². The van der Waals surface area contributed by atoms with Gasteiger partial charge in [-0.05, 0) is 26.2 Å². The predicted molar refractivity (Wildman–Crippen MR) is 81.2 cm³/mol. The van der Waals surface area contributed by atoms with Crippen molar-refractivity contribution >= 4 is 6.03 Å². The Balaban J connectivity index is 1.53. The van der Waals surface area contributed by atoms with Gasteiger partial charge >= 0.3 is 6.03 Å². The summed E-state index contributed by atoms with van der Waals surface area (Å²) >= 11 is 0. The van der Waals surface area contributed by atoms with Gasteiger partial charge in [0.1, 0.15) is 12.0 Å². The second kappa shape index (κ2) is 6.69. The van der Waals surface area contributed by atoms with Crippen LogP contribution < -0.4 is 10.6 Å². The molecule has 0 saturated heterocycles. The summed E-state index contributed by atoms with van der Waals surface area (Å²) in [5.41, 5.74) is 0.878. The van der Waals surface area contributed by atoms with Crippen molar-refractivity contribution in [2.24, 2.45) is 5.41 Å². The summed E-state index contributed by atoms with van der Waals surface area (Å²) in [7, 11) is 0. The van der Waals surface area contributed by atoms with Crippen LogP contribution in [0.25, 0.3) is 0 Å². The van der Waals surface area contributed by atoms with Crippen LogP contribution in [-0.4, -0.2) is 29.9 Å². The van der Waals surface area contributed by atoms with Gasteiger partial charge in [-0.25, -0.2) is 4.79 Å². The fraction of sp³-hybridized carbons (Fsp3) is 0.750. The quantitative estimate of drug-likeness (QED) is 0.876. The molecule has 2 aliphatic carbocycles. The van der Waals surface area contributed by atoms with Gasteiger partial charge in [-0.15, -0.1) is 0 Å². The van der Waals surface area contributed by atoms with Crippen molar-refractivity contribution in [3.8, 4) is 0 Å². The smallest absolute Gasteiger partial charge is 0.315 e. The van der Waals surface area contributed by atoms with Gasteiger partial charge < -0.3 is 19.9 Å². The van der Waals surface area contributed by atoms with Crippen molar-refractivity contribution in [1.29, 1.82) is 0 Å². The number of rotatable bonds is 5. The summed E-state index contributed by atoms with van der Waals surface area (Å²) in [5.74, 6) is 0. The van der Waals surface area contributed by atoms with Gasteiger partial charge in [-0.3, -0.25) is 0 Å². The molecule has 2 atom stereocenters. The Hall–Kier alpha value is -1.56. The normalized spacial score (nSPS) is 26.4. The molecule has 122 valence electrons. The number of carbonyl (C=O) groups excluding carboxylic acids is 1. The minimum atomic E-state index is -0.132. The highest BCUT2D eigenvalue weighted by Crippen LogP contribution is 2.53. The molecular weight excluding hydrogens is 282 g/mol. The average Bonchev–Trinajstić information content (AvgIpc) is 3.06. The van der Waals surface area contributed by atoms with Crippen molar-refractivity contribution < 1.29 is 14.1 Å². The first-order valence-electron chi connectivity index (χ1n) is 8.30. The lowest BCUT2D eigenvalue weighted by atomic mass is 9.55. The van der Waals surface area contributed by atoms with Crippen LogP contribution in [0.4, 0.5) is 4.79 Å². The topological polar surface area (TPSA) is 76.4 Å². The number of hydrogen-bond acceptors (Lipinski definition) is 4. The molecule has 2 N–H and O–H groups in total. The number of ether oxygens (including phenoxy) is 1. The Morgan fingerprint density at radius 3 is 2.95 bits per heavy atom. The van der Waals surface area contributed by atoms with E-state index in [1.807, 2.05) is 6.92 Å². The zero-order chi connectivity index (χ0) is 15.4. The molecule has 2 saturated carbocycles. The lowest BCUT2D eigenvalue weighted by molar-refractivity contribution is -0.146. The Kier molecular flexibility index (Phi) is 4.66. The van der Waals surface area contributed by atoms with Crippen LogP contribution in [0.15, 0.2) is 16.9 Å². The third-order valence-electron chi connectivity index (χ3n) is 5.16. The number of urea groups is 1. The standard InChI is InChI=1S/C16H25N3O3/c1-2-21-14-10-13(16(14)7-4-3-5-8-16)18-15(20)17-11-12-6-9-22-19-12/h6,9,13-14H,2-5,7-8,10-11H2,1H3,(H2,17,18,20)/t13-,14-/m1/s1. The van der Waals surface area contributed by atoms with Gasteiger partial charge in [0.15, 0.2) is 0 Å². The van der Waals surface area contributed by atoms with Gasteiger partial charge in [-0.1, -0.05) is 24.4 Å². The molecule has 0 radical (unpaired) electrons. The lowest BCUT2D eigenvalue weighted by Crippen LogP contribution is -2.66. The number of amides is 2. The van der Waals surface area contributed by atoms with Crippen molar-refractivity contribution in [3.63, 3.8) is 0 Å². The number of aromatic nitrogens is 1. The Bertz CT molecular complexity index is 483. The molecule has 2 amide bonds. The summed E-state index contributed by atoms with van der Waals surface area (Å²) < 4.78 is 10.7. The first kappa shape index (κ1) is 15.3. The summed E-state index contributed by atoms with van der Waals surface area (Å²) in [6.45, 7) is 3.18. The van der Waals surface area contributed by atoms with Crippen LogP contribution in [0.3, 0.4) is 0 Å². The van der Waals surface area contributed by atoms with Crippen LogP contribution in [0.2, 0.25) is 0 Å². The molecule has 0 aromatic carbocycles. The third kappa shape index (κ3) is 2.97. The fourth-order valence-corrected chi connectivity index (χ4v) is 3.97. The number of nitrogens with one attached hydrogen (secondary N) is 2. The first-order valence-corrected chi connectivity index (χ1v) is 8.30. The molecule has 3 rings (SSSR count). The number of hydrogen-bond donors (Lipinski definition) is 2. The molecule has 1 heterocycles. The molecular formula is C16H25N3O3. The van der Waals surface area contributed by atoms with Gasteiger partial charge in [0, 0.05) is 24.1 Å². The summed E-state index contributed by atoms with van der Waals surface area (Å²) in [4.78, 5) is 12.1. The lowest BCUT2D eigenvalue weighted by Gasteiger charge is -2.57. The first-order chi connectivity index (χ1) is 10.7. The molecule has 0 unspecified atom stereocenters. The van der Waals surface area contributed by atoms with Crippen molar-refractivity contribution in [2.75, 3.05) is 6.61 Å². The van der Waals surface area contributed by atoms with Gasteiger partial charge in [0.2, 0.25) is 0 Å². The van der Waals surface area contributed by atoms with E-state index in [4.69, 9.17) is 9.26 Å². The average molecular weight is 307 g/mol. The highest BCUT2D eigenvalue weighted by molar-refractivity contribution is 5.74. The maximum atomic E-state index is 12.1. The maximum absolute atomic E-state index is 12.1. The molecule has 1 aromatic rings. The van der Waals surface area contributed by atoms with Crippen LogP contribution in [0.1, 0.15) is 51.1 Å². The highest BCUT2D eigenvalue weighted by Gasteiger charge is 2.56. The summed E-state index contributed by atoms with van der Waals surface area (Å²) in [6.07, 6.45) is 8.82. The fourth-order valence-electron chi connectivity index (χ4n) is 3.97. The van der Waals surface area contributed by atoms with Crippen LogP contribution in [0, 0.1) is 5.41 Å². The van der Waals surface area contributed by atoms with Gasteiger partial charge in [0.05, 0.1) is 12.6 Å². The zero-order valence-electron chi connectivity index (χ0n) is 13.1. The van der Waals surface area contributed by atoms with E-state index in [0.717, 1.165) is 31.6 Å². The van der Waals surface area contributed by atoms with E-state index < -0.39 is 0 Å². The van der Waals surface area contributed by atoms with Crippen molar-refractivity contribution in [3.05, 3.63) is 18.0 Å². The third-order valence-corrected chi connectivity index (χ3v) is 5.16. The van der Waals surface area contributed by atoms with E-state index in [-0.39, 0.29) is 17.5 Å². The molecule has 22 heavy (non-hydrogen) atoms. The molecule has 2 fully saturated rings. The van der Waals surface area contributed by atoms with Crippen LogP contribution in [0.5, 0.6) is 0 Å². The van der Waals surface area contributed by atoms with E-state index in [1.54, 1.807) is 6.07 Å². The van der Waals surface area contributed by atoms with E-state index in [2.05, 4.69) is 15.8 Å². The molecule has 2 aliphatic rings. The highest BCUT2D eigenvalue weighted by atomic mass is 16.5. The largest absolute Gasteiger partial charge is 0.378 e. The van der Waals surface area contributed by atoms with Gasteiger partial charge in [0.25, 0.3) is 0 Å². The Labute approximate surface area is 131 Å². The molecule has 1 spiro atoms. The predicted octanol–water partition coefficient (Wildman–Crippen LogP) is 2.60. The second-order valence-corrected chi connectivity index (χ2v) is 6.34. The SMILES string of the molecule is CCO[C@@H]1C[C@@H](NC(=O)NCc2ccon2)C12CCCCC2. The Morgan fingerprint density at radius 2 is 2.27 bits per heavy atom. The number of carbonyl (C=O) groups is 1.